The van der Waals surface area contributed by atoms with Crippen LogP contribution in [0.2, 0.25) is 0 Å². The van der Waals surface area contributed by atoms with E-state index in [-0.39, 0.29) is 11.5 Å². The van der Waals surface area contributed by atoms with Crippen molar-refractivity contribution in [2.24, 2.45) is 0 Å². The van der Waals surface area contributed by atoms with Gasteiger partial charge < -0.3 is 5.11 Å². The minimum atomic E-state index is -0.0946. The first-order chi connectivity index (χ1) is 5.65. The van der Waals surface area contributed by atoms with Gasteiger partial charge in [0.15, 0.2) is 5.78 Å². The second kappa shape index (κ2) is 3.39. The minimum Gasteiger partial charge on any atom is -0.507 e. The summed E-state index contributed by atoms with van der Waals surface area (Å²) in [5, 5.41) is 9.28. The number of Topliss-reactive ketones (excluding diaryl/α,β-unsaturated/α-hetero) is 1. The second-order valence-electron chi connectivity index (χ2n) is 2.76. The molecule has 0 atom stereocenters. The number of benzene rings is 1. The Morgan fingerprint density at radius 2 is 2.17 bits per heavy atom. The van der Waals surface area contributed by atoms with Crippen molar-refractivity contribution in [2.45, 2.75) is 20.3 Å². The molecule has 1 rings (SSSR count). The van der Waals surface area contributed by atoms with Crippen LogP contribution in [0.4, 0.5) is 0 Å². The van der Waals surface area contributed by atoms with Crippen LogP contribution in [0.3, 0.4) is 0 Å². The lowest BCUT2D eigenvalue weighted by Crippen LogP contribution is -1.94. The summed E-state index contributed by atoms with van der Waals surface area (Å²) < 4.78 is 0. The fourth-order valence-electron chi connectivity index (χ4n) is 1.09. The van der Waals surface area contributed by atoms with E-state index in [0.29, 0.717) is 5.56 Å². The van der Waals surface area contributed by atoms with Crippen LogP contribution in [0.1, 0.15) is 29.8 Å². The van der Waals surface area contributed by atoms with Gasteiger partial charge in [-0.2, -0.15) is 0 Å². The number of ketones is 1. The first kappa shape index (κ1) is 8.78. The van der Waals surface area contributed by atoms with Gasteiger partial charge in [-0.15, -0.1) is 0 Å². The molecule has 0 saturated heterocycles. The van der Waals surface area contributed by atoms with Gasteiger partial charge in [0, 0.05) is 0 Å². The van der Waals surface area contributed by atoms with E-state index in [0.717, 1.165) is 12.0 Å². The van der Waals surface area contributed by atoms with Crippen LogP contribution in [0.5, 0.6) is 5.75 Å². The quantitative estimate of drug-likeness (QED) is 0.680. The standard InChI is InChI=1S/C10H12O2/c1-3-8-4-5-10(12)9(6-8)7(2)11/h4-6,12H,3H2,1-2H3. The van der Waals surface area contributed by atoms with Gasteiger partial charge in [0.25, 0.3) is 0 Å². The Morgan fingerprint density at radius 1 is 1.50 bits per heavy atom. The van der Waals surface area contributed by atoms with Crippen LogP contribution in [0, 0.1) is 0 Å². The van der Waals surface area contributed by atoms with Crippen LogP contribution in [0.25, 0.3) is 0 Å². The molecule has 64 valence electrons. The summed E-state index contributed by atoms with van der Waals surface area (Å²) in [5.74, 6) is -0.0255. The molecule has 0 radical (unpaired) electrons. The van der Waals surface area contributed by atoms with Crippen molar-refractivity contribution in [1.82, 2.24) is 0 Å². The van der Waals surface area contributed by atoms with Gasteiger partial charge in [0.05, 0.1) is 5.56 Å². The van der Waals surface area contributed by atoms with E-state index in [4.69, 9.17) is 0 Å². The fraction of sp³-hybridized carbons (Fsp3) is 0.300. The third kappa shape index (κ3) is 1.64. The van der Waals surface area contributed by atoms with E-state index >= 15 is 0 Å². The lowest BCUT2D eigenvalue weighted by Gasteiger charge is -2.02. The van der Waals surface area contributed by atoms with Gasteiger partial charge in [-0.1, -0.05) is 13.0 Å². The van der Waals surface area contributed by atoms with Crippen LogP contribution < -0.4 is 0 Å². The number of carbonyl (C=O) groups is 1. The molecule has 0 aliphatic heterocycles. The van der Waals surface area contributed by atoms with Crippen molar-refractivity contribution in [3.05, 3.63) is 29.3 Å². The highest BCUT2D eigenvalue weighted by Gasteiger charge is 2.05. The Hall–Kier alpha value is -1.31. The van der Waals surface area contributed by atoms with Gasteiger partial charge in [0.1, 0.15) is 5.75 Å². The Labute approximate surface area is 71.8 Å². The van der Waals surface area contributed by atoms with E-state index in [1.807, 2.05) is 13.0 Å². The summed E-state index contributed by atoms with van der Waals surface area (Å²) in [6.45, 7) is 3.46. The Kier molecular flexibility index (Phi) is 2.48. The molecule has 0 unspecified atom stereocenters. The third-order valence-electron chi connectivity index (χ3n) is 1.85. The van der Waals surface area contributed by atoms with E-state index in [1.54, 1.807) is 12.1 Å². The number of phenols is 1. The molecule has 12 heavy (non-hydrogen) atoms. The molecule has 2 heteroatoms. The number of hydrogen-bond donors (Lipinski definition) is 1. The smallest absolute Gasteiger partial charge is 0.163 e. The SMILES string of the molecule is CCc1ccc(O)c(C(C)=O)c1. The average molecular weight is 164 g/mol. The zero-order valence-corrected chi connectivity index (χ0v) is 7.29. The largest absolute Gasteiger partial charge is 0.507 e. The summed E-state index contributed by atoms with van der Waals surface area (Å²) in [6, 6.07) is 5.12. The van der Waals surface area contributed by atoms with E-state index < -0.39 is 0 Å². The predicted molar refractivity (Wildman–Crippen MR) is 47.5 cm³/mol. The summed E-state index contributed by atoms with van der Waals surface area (Å²) in [6.07, 6.45) is 0.876. The van der Waals surface area contributed by atoms with Crippen molar-refractivity contribution in [3.8, 4) is 5.75 Å². The lowest BCUT2D eigenvalue weighted by atomic mass is 10.1. The molecule has 1 aromatic rings. The first-order valence-electron chi connectivity index (χ1n) is 3.98. The van der Waals surface area contributed by atoms with Crippen LogP contribution in [0.15, 0.2) is 18.2 Å². The molecule has 1 aromatic carbocycles. The Bertz CT molecular complexity index is 303. The van der Waals surface area contributed by atoms with Gasteiger partial charge >= 0.3 is 0 Å². The number of aryl methyl sites for hydroxylation is 1. The monoisotopic (exact) mass is 164 g/mol. The molecule has 2 nitrogen and oxygen atoms in total. The normalized spacial score (nSPS) is 9.83. The first-order valence-corrected chi connectivity index (χ1v) is 3.98. The van der Waals surface area contributed by atoms with Crippen molar-refractivity contribution < 1.29 is 9.90 Å². The van der Waals surface area contributed by atoms with Crippen LogP contribution >= 0.6 is 0 Å². The lowest BCUT2D eigenvalue weighted by molar-refractivity contribution is 0.101. The second-order valence-corrected chi connectivity index (χ2v) is 2.76. The number of phenolic OH excluding ortho intramolecular Hbond substituents is 1. The molecule has 0 aromatic heterocycles. The highest BCUT2D eigenvalue weighted by molar-refractivity contribution is 5.96. The molecule has 0 bridgehead atoms. The van der Waals surface area contributed by atoms with Gasteiger partial charge in [-0.05, 0) is 31.0 Å². The van der Waals surface area contributed by atoms with Crippen molar-refractivity contribution in [2.75, 3.05) is 0 Å². The molecule has 0 heterocycles. The maximum Gasteiger partial charge on any atom is 0.163 e. The molecular formula is C10H12O2. The molecule has 0 amide bonds. The van der Waals surface area contributed by atoms with Crippen molar-refractivity contribution in [3.63, 3.8) is 0 Å². The van der Waals surface area contributed by atoms with Crippen molar-refractivity contribution in [1.29, 1.82) is 0 Å². The zero-order chi connectivity index (χ0) is 9.14. The summed E-state index contributed by atoms with van der Waals surface area (Å²) in [5.41, 5.74) is 1.48. The van der Waals surface area contributed by atoms with E-state index in [9.17, 15) is 9.90 Å². The average Bonchev–Trinajstić information content (AvgIpc) is 2.05. The number of rotatable bonds is 2. The predicted octanol–water partition coefficient (Wildman–Crippen LogP) is 2.16. The number of hydrogen-bond acceptors (Lipinski definition) is 2. The topological polar surface area (TPSA) is 37.3 Å². The molecular weight excluding hydrogens is 152 g/mol. The van der Waals surface area contributed by atoms with Gasteiger partial charge in [0.2, 0.25) is 0 Å². The molecule has 0 spiro atoms. The zero-order valence-electron chi connectivity index (χ0n) is 7.29. The molecule has 0 aliphatic rings. The molecule has 1 N–H and O–H groups in total. The molecule has 0 saturated carbocycles. The van der Waals surface area contributed by atoms with Crippen LogP contribution in [-0.2, 0) is 6.42 Å². The fourth-order valence-corrected chi connectivity index (χ4v) is 1.09. The maximum absolute atomic E-state index is 11.0. The van der Waals surface area contributed by atoms with Gasteiger partial charge in [-0.25, -0.2) is 0 Å². The van der Waals surface area contributed by atoms with Crippen LogP contribution in [-0.4, -0.2) is 10.9 Å². The number of aromatic hydroxyl groups is 1. The molecule has 0 fully saturated rings. The summed E-state index contributed by atoms with van der Waals surface area (Å²) >= 11 is 0. The van der Waals surface area contributed by atoms with Crippen molar-refractivity contribution >= 4 is 5.78 Å². The Morgan fingerprint density at radius 3 is 2.67 bits per heavy atom. The summed E-state index contributed by atoms with van der Waals surface area (Å²) in [7, 11) is 0. The highest BCUT2D eigenvalue weighted by Crippen LogP contribution is 2.18. The maximum atomic E-state index is 11.0. The van der Waals surface area contributed by atoms with E-state index in [1.165, 1.54) is 6.92 Å². The highest BCUT2D eigenvalue weighted by atomic mass is 16.3. The van der Waals surface area contributed by atoms with E-state index in [2.05, 4.69) is 0 Å². The number of carbonyl (C=O) groups excluding carboxylic acids is 1. The third-order valence-corrected chi connectivity index (χ3v) is 1.85. The molecule has 0 aliphatic carbocycles. The Balaban J connectivity index is 3.17. The minimum absolute atomic E-state index is 0.0692. The summed E-state index contributed by atoms with van der Waals surface area (Å²) in [4.78, 5) is 11.0. The van der Waals surface area contributed by atoms with Gasteiger partial charge in [-0.3, -0.25) is 4.79 Å².